The summed E-state index contributed by atoms with van der Waals surface area (Å²) in [6.45, 7) is 2.01. The van der Waals surface area contributed by atoms with Gasteiger partial charge in [0.05, 0.1) is 24.7 Å². The van der Waals surface area contributed by atoms with E-state index < -0.39 is 0 Å². The SMILES string of the molecule is CC(N)C(CO)n1cnc2c1CCCC2. The lowest BCUT2D eigenvalue weighted by molar-refractivity contribution is 0.208. The van der Waals surface area contributed by atoms with Crippen molar-refractivity contribution in [2.75, 3.05) is 6.61 Å². The van der Waals surface area contributed by atoms with Gasteiger partial charge in [-0.3, -0.25) is 0 Å². The van der Waals surface area contributed by atoms with Gasteiger partial charge in [-0.2, -0.15) is 0 Å². The van der Waals surface area contributed by atoms with Gasteiger partial charge in [0.15, 0.2) is 0 Å². The molecule has 3 N–H and O–H groups in total. The zero-order valence-electron chi connectivity index (χ0n) is 9.19. The Morgan fingerprint density at radius 3 is 2.93 bits per heavy atom. The number of aromatic nitrogens is 2. The molecule has 1 aliphatic carbocycles. The number of aryl methyl sites for hydroxylation is 1. The minimum absolute atomic E-state index is 0.0284. The molecule has 4 nitrogen and oxygen atoms in total. The number of hydrogen-bond acceptors (Lipinski definition) is 3. The number of hydrogen-bond donors (Lipinski definition) is 2. The molecule has 0 bridgehead atoms. The molecule has 2 unspecified atom stereocenters. The Morgan fingerprint density at radius 1 is 1.53 bits per heavy atom. The highest BCUT2D eigenvalue weighted by Gasteiger charge is 2.22. The van der Waals surface area contributed by atoms with Crippen LogP contribution in [0, 0.1) is 0 Å². The van der Waals surface area contributed by atoms with Gasteiger partial charge in [0.2, 0.25) is 0 Å². The Kier molecular flexibility index (Phi) is 3.07. The summed E-state index contributed by atoms with van der Waals surface area (Å²) >= 11 is 0. The van der Waals surface area contributed by atoms with E-state index in [1.54, 1.807) is 0 Å². The number of aliphatic hydroxyl groups excluding tert-OH is 1. The van der Waals surface area contributed by atoms with Crippen LogP contribution in [0.5, 0.6) is 0 Å². The Labute approximate surface area is 90.1 Å². The number of imidazole rings is 1. The lowest BCUT2D eigenvalue weighted by atomic mass is 10.00. The van der Waals surface area contributed by atoms with Gasteiger partial charge < -0.3 is 15.4 Å². The molecule has 0 fully saturated rings. The van der Waals surface area contributed by atoms with Crippen molar-refractivity contribution in [2.45, 2.75) is 44.7 Å². The summed E-state index contributed by atoms with van der Waals surface area (Å²) in [5, 5.41) is 9.34. The normalized spacial score (nSPS) is 19.7. The fourth-order valence-electron chi connectivity index (χ4n) is 2.29. The third-order valence-corrected chi connectivity index (χ3v) is 3.21. The van der Waals surface area contributed by atoms with E-state index in [9.17, 15) is 5.11 Å². The van der Waals surface area contributed by atoms with Crippen molar-refractivity contribution in [3.63, 3.8) is 0 Å². The van der Waals surface area contributed by atoms with Crippen molar-refractivity contribution in [1.29, 1.82) is 0 Å². The second-order valence-electron chi connectivity index (χ2n) is 4.36. The van der Waals surface area contributed by atoms with Gasteiger partial charge in [-0.1, -0.05) is 0 Å². The molecule has 2 rings (SSSR count). The first-order valence-corrected chi connectivity index (χ1v) is 5.65. The molecule has 0 aliphatic heterocycles. The molecule has 2 atom stereocenters. The second kappa shape index (κ2) is 4.33. The molecule has 1 aliphatic rings. The summed E-state index contributed by atoms with van der Waals surface area (Å²) in [4.78, 5) is 4.40. The standard InChI is InChI=1S/C11H19N3O/c1-8(12)11(6-15)14-7-13-9-4-2-3-5-10(9)14/h7-8,11,15H,2-6,12H2,1H3. The van der Waals surface area contributed by atoms with Gasteiger partial charge in [0, 0.05) is 11.7 Å². The van der Waals surface area contributed by atoms with Crippen molar-refractivity contribution in [1.82, 2.24) is 9.55 Å². The molecule has 0 amide bonds. The monoisotopic (exact) mass is 209 g/mol. The van der Waals surface area contributed by atoms with Crippen LogP contribution in [0.25, 0.3) is 0 Å². The summed E-state index contributed by atoms with van der Waals surface area (Å²) in [6, 6.07) is -0.0745. The highest BCUT2D eigenvalue weighted by Crippen LogP contribution is 2.23. The van der Waals surface area contributed by atoms with Crippen molar-refractivity contribution in [2.24, 2.45) is 5.73 Å². The largest absolute Gasteiger partial charge is 0.394 e. The van der Waals surface area contributed by atoms with Gasteiger partial charge in [0.25, 0.3) is 0 Å². The van der Waals surface area contributed by atoms with E-state index in [2.05, 4.69) is 9.55 Å². The third kappa shape index (κ3) is 1.92. The quantitative estimate of drug-likeness (QED) is 0.768. The number of aliphatic hydroxyl groups is 1. The van der Waals surface area contributed by atoms with Gasteiger partial charge in [-0.15, -0.1) is 0 Å². The fourth-order valence-corrected chi connectivity index (χ4v) is 2.29. The Morgan fingerprint density at radius 2 is 2.27 bits per heavy atom. The van der Waals surface area contributed by atoms with Crippen LogP contribution in [0.3, 0.4) is 0 Å². The average molecular weight is 209 g/mol. The molecule has 0 spiro atoms. The van der Waals surface area contributed by atoms with Gasteiger partial charge in [-0.05, 0) is 32.6 Å². The summed E-state index contributed by atoms with van der Waals surface area (Å²) < 4.78 is 2.07. The topological polar surface area (TPSA) is 64.1 Å². The van der Waals surface area contributed by atoms with Crippen LogP contribution in [0.2, 0.25) is 0 Å². The van der Waals surface area contributed by atoms with Crippen molar-refractivity contribution in [3.05, 3.63) is 17.7 Å². The van der Waals surface area contributed by atoms with Gasteiger partial charge in [0.1, 0.15) is 0 Å². The first-order valence-electron chi connectivity index (χ1n) is 5.65. The van der Waals surface area contributed by atoms with E-state index in [1.165, 1.54) is 24.2 Å². The van der Waals surface area contributed by atoms with Crippen LogP contribution in [0.15, 0.2) is 6.33 Å². The van der Waals surface area contributed by atoms with Crippen molar-refractivity contribution >= 4 is 0 Å². The van der Waals surface area contributed by atoms with Crippen molar-refractivity contribution < 1.29 is 5.11 Å². The molecule has 0 radical (unpaired) electrons. The maximum atomic E-state index is 9.34. The fraction of sp³-hybridized carbons (Fsp3) is 0.727. The maximum absolute atomic E-state index is 9.34. The van der Waals surface area contributed by atoms with Crippen LogP contribution >= 0.6 is 0 Å². The number of rotatable bonds is 3. The zero-order valence-corrected chi connectivity index (χ0v) is 9.19. The Bertz CT molecular complexity index is 333. The lowest BCUT2D eigenvalue weighted by Crippen LogP contribution is -2.32. The van der Waals surface area contributed by atoms with E-state index in [-0.39, 0.29) is 18.7 Å². The number of fused-ring (bicyclic) bond motifs is 1. The molecule has 4 heteroatoms. The molecule has 0 aromatic carbocycles. The first kappa shape index (κ1) is 10.6. The Balaban J connectivity index is 2.31. The number of nitrogens with two attached hydrogens (primary N) is 1. The maximum Gasteiger partial charge on any atom is 0.0955 e. The third-order valence-electron chi connectivity index (χ3n) is 3.21. The highest BCUT2D eigenvalue weighted by atomic mass is 16.3. The molecule has 84 valence electrons. The van der Waals surface area contributed by atoms with Gasteiger partial charge in [-0.25, -0.2) is 4.98 Å². The highest BCUT2D eigenvalue weighted by molar-refractivity contribution is 5.17. The number of nitrogens with zero attached hydrogens (tertiary/aromatic N) is 2. The zero-order chi connectivity index (χ0) is 10.8. The van der Waals surface area contributed by atoms with Crippen molar-refractivity contribution in [3.8, 4) is 0 Å². The predicted molar refractivity (Wildman–Crippen MR) is 58.6 cm³/mol. The first-order chi connectivity index (χ1) is 7.24. The summed E-state index contributed by atoms with van der Waals surface area (Å²) in [7, 11) is 0. The minimum atomic E-state index is -0.0461. The van der Waals surface area contributed by atoms with E-state index in [0.29, 0.717) is 0 Å². The van der Waals surface area contributed by atoms with Crippen LogP contribution in [0.1, 0.15) is 37.2 Å². The van der Waals surface area contributed by atoms with E-state index in [1.807, 2.05) is 13.3 Å². The lowest BCUT2D eigenvalue weighted by Gasteiger charge is -2.23. The molecule has 1 aromatic rings. The van der Waals surface area contributed by atoms with E-state index in [0.717, 1.165) is 12.8 Å². The Hall–Kier alpha value is -0.870. The molecule has 0 saturated carbocycles. The average Bonchev–Trinajstić information content (AvgIpc) is 2.63. The predicted octanol–water partition coefficient (Wildman–Crippen LogP) is 0.642. The van der Waals surface area contributed by atoms with Gasteiger partial charge >= 0.3 is 0 Å². The summed E-state index contributed by atoms with van der Waals surface area (Å²) in [5.74, 6) is 0. The van der Waals surface area contributed by atoms with Crippen LogP contribution < -0.4 is 5.73 Å². The molecular formula is C11H19N3O. The molecule has 15 heavy (non-hydrogen) atoms. The molecule has 1 aromatic heterocycles. The van der Waals surface area contributed by atoms with Crippen LogP contribution in [-0.4, -0.2) is 27.3 Å². The molecular weight excluding hydrogens is 190 g/mol. The molecule has 0 saturated heterocycles. The smallest absolute Gasteiger partial charge is 0.0955 e. The summed E-state index contributed by atoms with van der Waals surface area (Å²) in [5.41, 5.74) is 8.33. The van der Waals surface area contributed by atoms with E-state index >= 15 is 0 Å². The van der Waals surface area contributed by atoms with Crippen LogP contribution in [-0.2, 0) is 12.8 Å². The summed E-state index contributed by atoms with van der Waals surface area (Å²) in [6.07, 6.45) is 6.42. The van der Waals surface area contributed by atoms with Crippen LogP contribution in [0.4, 0.5) is 0 Å². The van der Waals surface area contributed by atoms with E-state index in [4.69, 9.17) is 5.73 Å². The minimum Gasteiger partial charge on any atom is -0.394 e. The molecule has 1 heterocycles. The second-order valence-corrected chi connectivity index (χ2v) is 4.36.